The molecule has 8 heteroatoms. The predicted molar refractivity (Wildman–Crippen MR) is 166 cm³/mol. The fourth-order valence-electron chi connectivity index (χ4n) is 4.49. The molecule has 2 aromatic carbocycles. The van der Waals surface area contributed by atoms with Crippen molar-refractivity contribution in [1.82, 2.24) is 19.9 Å². The Morgan fingerprint density at radius 2 is 1.05 bits per heavy atom. The van der Waals surface area contributed by atoms with Crippen molar-refractivity contribution in [3.8, 4) is 34.3 Å². The first-order chi connectivity index (χ1) is 20.9. The van der Waals surface area contributed by atoms with Crippen LogP contribution in [0, 0.1) is 5.92 Å². The largest absolute Gasteiger partial charge is 0.427 e. The van der Waals surface area contributed by atoms with Crippen molar-refractivity contribution in [2.24, 2.45) is 5.92 Å². The molecule has 4 aromatic rings. The van der Waals surface area contributed by atoms with Crippen molar-refractivity contribution in [2.45, 2.75) is 78.6 Å². The molecule has 0 saturated carbocycles. The number of unbranched alkanes of at least 4 members (excludes halogenated alkanes) is 4. The third-order valence-electron chi connectivity index (χ3n) is 7.10. The maximum atomic E-state index is 12.6. The molecule has 0 bridgehead atoms. The van der Waals surface area contributed by atoms with E-state index in [-0.39, 0.29) is 6.42 Å². The van der Waals surface area contributed by atoms with Gasteiger partial charge in [-0.25, -0.2) is 19.9 Å². The van der Waals surface area contributed by atoms with Crippen LogP contribution in [0.3, 0.4) is 0 Å². The normalized spacial score (nSPS) is 11.6. The van der Waals surface area contributed by atoms with E-state index in [0.717, 1.165) is 47.9 Å². The van der Waals surface area contributed by atoms with E-state index in [4.69, 9.17) is 9.47 Å². The maximum Gasteiger partial charge on any atom is 0.314 e. The van der Waals surface area contributed by atoms with Gasteiger partial charge in [-0.1, -0.05) is 46.5 Å². The van der Waals surface area contributed by atoms with Gasteiger partial charge >= 0.3 is 11.9 Å². The van der Waals surface area contributed by atoms with Crippen LogP contribution in [0.25, 0.3) is 22.8 Å². The fourth-order valence-corrected chi connectivity index (χ4v) is 4.49. The highest BCUT2D eigenvalue weighted by atomic mass is 16.5. The van der Waals surface area contributed by atoms with Crippen LogP contribution in [0.1, 0.15) is 76.8 Å². The van der Waals surface area contributed by atoms with Crippen molar-refractivity contribution in [2.75, 3.05) is 0 Å². The molecule has 0 fully saturated rings. The zero-order valence-corrected chi connectivity index (χ0v) is 25.3. The number of nitrogens with zero attached hydrogens (tertiary/aromatic N) is 4. The molecule has 0 aliphatic rings. The summed E-state index contributed by atoms with van der Waals surface area (Å²) < 4.78 is 10.9. The number of hydrogen-bond acceptors (Lipinski definition) is 8. The Balaban J connectivity index is 1.23. The van der Waals surface area contributed by atoms with Crippen molar-refractivity contribution in [1.29, 1.82) is 0 Å². The van der Waals surface area contributed by atoms with Gasteiger partial charge in [0.2, 0.25) is 0 Å². The highest BCUT2D eigenvalue weighted by Gasteiger charge is 2.21. The number of hydrogen-bond donors (Lipinski definition) is 0. The van der Waals surface area contributed by atoms with Crippen LogP contribution in [-0.4, -0.2) is 31.9 Å². The number of ether oxygens (including phenoxy) is 2. The summed E-state index contributed by atoms with van der Waals surface area (Å²) in [4.78, 5) is 43.0. The first-order valence-corrected chi connectivity index (χ1v) is 15.2. The minimum absolute atomic E-state index is 0.111. The summed E-state index contributed by atoms with van der Waals surface area (Å²) in [6.07, 6.45) is 16.3. The van der Waals surface area contributed by atoms with E-state index in [1.54, 1.807) is 31.2 Å². The Morgan fingerprint density at radius 1 is 0.628 bits per heavy atom. The molecule has 2 heterocycles. The van der Waals surface area contributed by atoms with Gasteiger partial charge in [0.1, 0.15) is 11.5 Å². The lowest BCUT2D eigenvalue weighted by Crippen LogP contribution is -2.22. The van der Waals surface area contributed by atoms with Gasteiger partial charge in [0.25, 0.3) is 0 Å². The van der Waals surface area contributed by atoms with Crippen LogP contribution in [-0.2, 0) is 22.4 Å². The third kappa shape index (κ3) is 9.81. The van der Waals surface area contributed by atoms with E-state index in [0.29, 0.717) is 23.1 Å². The van der Waals surface area contributed by atoms with Crippen molar-refractivity contribution in [3.05, 3.63) is 84.4 Å². The molecule has 2 aromatic heterocycles. The van der Waals surface area contributed by atoms with Gasteiger partial charge in [-0.3, -0.25) is 9.59 Å². The number of aromatic nitrogens is 4. The van der Waals surface area contributed by atoms with E-state index in [9.17, 15) is 9.59 Å². The predicted octanol–water partition coefficient (Wildman–Crippen LogP) is 7.60. The number of benzene rings is 2. The minimum atomic E-state index is -0.681. The second-order valence-electron chi connectivity index (χ2n) is 10.8. The second kappa shape index (κ2) is 16.2. The van der Waals surface area contributed by atoms with Crippen LogP contribution in [0.4, 0.5) is 0 Å². The molecule has 43 heavy (non-hydrogen) atoms. The van der Waals surface area contributed by atoms with Crippen LogP contribution < -0.4 is 9.47 Å². The molecule has 4 rings (SSSR count). The summed E-state index contributed by atoms with van der Waals surface area (Å²) in [6.45, 7) is 6.00. The lowest BCUT2D eigenvalue weighted by molar-refractivity contribution is -0.144. The average molecular weight is 581 g/mol. The van der Waals surface area contributed by atoms with Gasteiger partial charge in [-0.05, 0) is 85.3 Å². The molecule has 224 valence electrons. The van der Waals surface area contributed by atoms with Gasteiger partial charge in [0, 0.05) is 35.9 Å². The summed E-state index contributed by atoms with van der Waals surface area (Å²) in [7, 11) is 0. The van der Waals surface area contributed by atoms with Gasteiger partial charge in [0.05, 0.1) is 12.3 Å². The Morgan fingerprint density at radius 3 is 1.47 bits per heavy atom. The third-order valence-corrected chi connectivity index (χ3v) is 7.10. The molecule has 1 unspecified atom stereocenters. The number of aryl methyl sites for hydroxylation is 2. The molecular formula is C35H40N4O4. The van der Waals surface area contributed by atoms with Gasteiger partial charge in [-0.15, -0.1) is 0 Å². The van der Waals surface area contributed by atoms with Gasteiger partial charge in [-0.2, -0.15) is 0 Å². The molecule has 0 radical (unpaired) electrons. The van der Waals surface area contributed by atoms with Crippen LogP contribution in [0.5, 0.6) is 11.5 Å². The number of carbonyl (C=O) groups is 2. The summed E-state index contributed by atoms with van der Waals surface area (Å²) >= 11 is 0. The average Bonchev–Trinajstić information content (AvgIpc) is 3.03. The van der Waals surface area contributed by atoms with Gasteiger partial charge < -0.3 is 9.47 Å². The second-order valence-corrected chi connectivity index (χ2v) is 10.8. The minimum Gasteiger partial charge on any atom is -0.427 e. The lowest BCUT2D eigenvalue weighted by atomic mass is 10.1. The summed E-state index contributed by atoms with van der Waals surface area (Å²) in [5, 5.41) is 0. The number of rotatable bonds is 15. The number of carbonyl (C=O) groups excluding carboxylic acids is 2. The zero-order valence-electron chi connectivity index (χ0n) is 25.3. The van der Waals surface area contributed by atoms with Crippen LogP contribution in [0.15, 0.2) is 73.3 Å². The van der Waals surface area contributed by atoms with Gasteiger partial charge in [0.15, 0.2) is 11.6 Å². The van der Waals surface area contributed by atoms with E-state index in [1.807, 2.05) is 49.1 Å². The van der Waals surface area contributed by atoms with Crippen molar-refractivity contribution < 1.29 is 19.1 Å². The fraction of sp³-hybridized carbons (Fsp3) is 0.371. The molecule has 8 nitrogen and oxygen atoms in total. The van der Waals surface area contributed by atoms with Crippen LogP contribution >= 0.6 is 0 Å². The molecule has 0 amide bonds. The maximum absolute atomic E-state index is 12.6. The summed E-state index contributed by atoms with van der Waals surface area (Å²) in [5.74, 6) is 0.293. The quantitative estimate of drug-likeness (QED) is 0.0804. The Kier molecular flexibility index (Phi) is 11.9. The topological polar surface area (TPSA) is 104 Å². The van der Waals surface area contributed by atoms with Crippen LogP contribution in [0.2, 0.25) is 0 Å². The SMILES string of the molecule is CCCCCc1cnc(-c2ccc(OC(=O)CC(C)C(=O)Oc3ccc(-c4ncc(CCCCC)cn4)cc3)cc2)nc1. The smallest absolute Gasteiger partial charge is 0.314 e. The van der Waals surface area contributed by atoms with Crippen molar-refractivity contribution >= 4 is 11.9 Å². The monoisotopic (exact) mass is 580 g/mol. The zero-order chi connectivity index (χ0) is 30.4. The highest BCUT2D eigenvalue weighted by molar-refractivity contribution is 5.82. The summed E-state index contributed by atoms with van der Waals surface area (Å²) in [6, 6.07) is 14.0. The number of esters is 2. The molecule has 0 aliphatic carbocycles. The Hall–Kier alpha value is -4.46. The van der Waals surface area contributed by atoms with E-state index < -0.39 is 17.9 Å². The highest BCUT2D eigenvalue weighted by Crippen LogP contribution is 2.23. The molecule has 1 atom stereocenters. The van der Waals surface area contributed by atoms with E-state index in [2.05, 4.69) is 33.8 Å². The molecule has 0 spiro atoms. The van der Waals surface area contributed by atoms with Crippen molar-refractivity contribution in [3.63, 3.8) is 0 Å². The Bertz CT molecular complexity index is 1440. The lowest BCUT2D eigenvalue weighted by Gasteiger charge is -2.11. The van der Waals surface area contributed by atoms with E-state index >= 15 is 0 Å². The van der Waals surface area contributed by atoms with E-state index in [1.165, 1.54) is 25.7 Å². The first kappa shape index (κ1) is 31.5. The molecule has 0 N–H and O–H groups in total. The molecule has 0 aliphatic heterocycles. The Labute approximate surface area is 254 Å². The summed E-state index contributed by atoms with van der Waals surface area (Å²) in [5.41, 5.74) is 3.91. The molecular weight excluding hydrogens is 540 g/mol. The molecule has 0 saturated heterocycles. The standard InChI is InChI=1S/C35H40N4O4/c1-4-6-8-10-26-21-36-33(37-22-26)28-12-16-30(17-13-28)42-32(40)20-25(3)35(41)43-31-18-14-29(15-19-31)34-38-23-27(24-39-34)11-9-7-5-2/h12-19,21-25H,4-11,20H2,1-3H3. The first-order valence-electron chi connectivity index (χ1n) is 15.2.